The molecule has 3 rings (SSSR count). The number of epoxide rings is 2. The Kier molecular flexibility index (Phi) is 7.09. The van der Waals surface area contributed by atoms with Gasteiger partial charge in [-0.3, -0.25) is 4.79 Å². The molecule has 2 amide bonds. The van der Waals surface area contributed by atoms with Gasteiger partial charge in [0.15, 0.2) is 0 Å². The highest BCUT2D eigenvalue weighted by molar-refractivity contribution is 5.75. The molecule has 2 heterocycles. The number of amides is 2. The molecular formula is C22H36N2O6. The fraction of sp³-hybridized carbons (Fsp3) is 0.818. The number of carbonyl (C=O) groups is 2. The predicted molar refractivity (Wildman–Crippen MR) is 111 cm³/mol. The van der Waals surface area contributed by atoms with Crippen LogP contribution < -0.4 is 10.6 Å². The second-order valence-electron chi connectivity index (χ2n) is 8.95. The first-order chi connectivity index (χ1) is 14.3. The molecule has 0 aromatic carbocycles. The summed E-state index contributed by atoms with van der Waals surface area (Å²) >= 11 is 0. The molecule has 2 saturated heterocycles. The van der Waals surface area contributed by atoms with E-state index in [1.165, 1.54) is 5.57 Å². The normalized spacial score (nSPS) is 36.7. The molecule has 6 atom stereocenters. The maximum Gasteiger partial charge on any atom is 0.407 e. The number of methoxy groups -OCH3 is 1. The molecule has 1 spiro atoms. The number of allylic oxidation sites excluding steroid dienone is 1. The van der Waals surface area contributed by atoms with Gasteiger partial charge in [-0.1, -0.05) is 18.6 Å². The summed E-state index contributed by atoms with van der Waals surface area (Å²) in [6, 6.07) is 0. The van der Waals surface area contributed by atoms with E-state index in [9.17, 15) is 9.59 Å². The Hall–Kier alpha value is -1.64. The molecule has 170 valence electrons. The van der Waals surface area contributed by atoms with Crippen molar-refractivity contribution in [2.75, 3.05) is 26.8 Å². The average molecular weight is 425 g/mol. The fourth-order valence-electron chi connectivity index (χ4n) is 4.74. The van der Waals surface area contributed by atoms with E-state index in [1.807, 2.05) is 0 Å². The standard InChI is InChI=1S/C22H36N2O6/c1-6-17(25)23-11-12-24-20(26)29-15-9-10-22(13-28-22)19(18(15)27-5)21(4)16(30-21)8-7-14(2)3/h7,15-16,18-19H,6,8-13H2,1-5H3,(H,23,25)(H,24,26). The molecule has 2 N–H and O–H groups in total. The largest absolute Gasteiger partial charge is 0.443 e. The van der Waals surface area contributed by atoms with Crippen LogP contribution in [-0.2, 0) is 23.7 Å². The van der Waals surface area contributed by atoms with Crippen molar-refractivity contribution >= 4 is 12.0 Å². The predicted octanol–water partition coefficient (Wildman–Crippen LogP) is 2.32. The lowest BCUT2D eigenvalue weighted by Crippen LogP contribution is -2.56. The first kappa shape index (κ1) is 23.0. The van der Waals surface area contributed by atoms with Crippen LogP contribution in [0.3, 0.4) is 0 Å². The number of hydrogen-bond donors (Lipinski definition) is 2. The van der Waals surface area contributed by atoms with Gasteiger partial charge in [0.25, 0.3) is 0 Å². The van der Waals surface area contributed by atoms with Gasteiger partial charge in [-0.25, -0.2) is 4.79 Å². The molecule has 3 fully saturated rings. The molecule has 0 bridgehead atoms. The van der Waals surface area contributed by atoms with Gasteiger partial charge >= 0.3 is 6.09 Å². The number of hydrogen-bond acceptors (Lipinski definition) is 6. The summed E-state index contributed by atoms with van der Waals surface area (Å²) in [7, 11) is 1.66. The zero-order chi connectivity index (χ0) is 21.9. The molecule has 0 aromatic rings. The van der Waals surface area contributed by atoms with Gasteiger partial charge in [0.1, 0.15) is 23.4 Å². The molecule has 30 heavy (non-hydrogen) atoms. The Morgan fingerprint density at radius 2 is 1.93 bits per heavy atom. The smallest absolute Gasteiger partial charge is 0.407 e. The first-order valence-corrected chi connectivity index (χ1v) is 10.9. The monoisotopic (exact) mass is 424 g/mol. The van der Waals surface area contributed by atoms with E-state index in [-0.39, 0.29) is 41.3 Å². The van der Waals surface area contributed by atoms with Gasteiger partial charge in [0, 0.05) is 26.6 Å². The molecule has 1 saturated carbocycles. The van der Waals surface area contributed by atoms with E-state index in [2.05, 4.69) is 37.5 Å². The van der Waals surface area contributed by atoms with Crippen LogP contribution in [0.2, 0.25) is 0 Å². The quantitative estimate of drug-likeness (QED) is 0.335. The zero-order valence-electron chi connectivity index (χ0n) is 18.8. The lowest BCUT2D eigenvalue weighted by molar-refractivity contribution is -0.120. The van der Waals surface area contributed by atoms with Gasteiger partial charge in [-0.2, -0.15) is 0 Å². The minimum atomic E-state index is -0.498. The van der Waals surface area contributed by atoms with Crippen LogP contribution in [-0.4, -0.2) is 68.3 Å². The van der Waals surface area contributed by atoms with Crippen molar-refractivity contribution in [3.63, 3.8) is 0 Å². The summed E-state index contributed by atoms with van der Waals surface area (Å²) in [4.78, 5) is 23.6. The van der Waals surface area contributed by atoms with Crippen LogP contribution in [0.4, 0.5) is 4.79 Å². The lowest BCUT2D eigenvalue weighted by atomic mass is 9.68. The number of alkyl carbamates (subject to hydrolysis) is 1. The van der Waals surface area contributed by atoms with Gasteiger partial charge in [-0.05, 0) is 40.0 Å². The molecular weight excluding hydrogens is 388 g/mol. The van der Waals surface area contributed by atoms with Crippen molar-refractivity contribution in [1.82, 2.24) is 10.6 Å². The Morgan fingerprint density at radius 1 is 1.23 bits per heavy atom. The first-order valence-electron chi connectivity index (χ1n) is 10.9. The highest BCUT2D eigenvalue weighted by atomic mass is 16.6. The van der Waals surface area contributed by atoms with E-state index in [0.29, 0.717) is 32.5 Å². The van der Waals surface area contributed by atoms with Crippen molar-refractivity contribution in [3.8, 4) is 0 Å². The van der Waals surface area contributed by atoms with E-state index in [1.54, 1.807) is 14.0 Å². The molecule has 3 aliphatic rings. The molecule has 8 heteroatoms. The second-order valence-corrected chi connectivity index (χ2v) is 8.95. The fourth-order valence-corrected chi connectivity index (χ4v) is 4.74. The summed E-state index contributed by atoms with van der Waals surface area (Å²) < 4.78 is 23.7. The van der Waals surface area contributed by atoms with Crippen molar-refractivity contribution in [2.45, 2.75) is 82.9 Å². The Bertz CT molecular complexity index is 673. The SMILES string of the molecule is CCC(=O)NCCNC(=O)OC1CCC2(CO2)C(C2(C)OC2CC=C(C)C)C1OC. The highest BCUT2D eigenvalue weighted by Crippen LogP contribution is 2.59. The molecule has 2 aliphatic heterocycles. The third kappa shape index (κ3) is 4.98. The highest BCUT2D eigenvalue weighted by Gasteiger charge is 2.72. The minimum Gasteiger partial charge on any atom is -0.443 e. The van der Waals surface area contributed by atoms with E-state index in [0.717, 1.165) is 12.8 Å². The molecule has 6 unspecified atom stereocenters. The van der Waals surface area contributed by atoms with Crippen LogP contribution in [0.15, 0.2) is 11.6 Å². The summed E-state index contributed by atoms with van der Waals surface area (Å²) in [5.74, 6) is -0.0456. The van der Waals surface area contributed by atoms with Gasteiger partial charge in [-0.15, -0.1) is 0 Å². The summed E-state index contributed by atoms with van der Waals surface area (Å²) in [6.07, 6.45) is 3.92. The van der Waals surface area contributed by atoms with Crippen molar-refractivity contribution in [2.24, 2.45) is 5.92 Å². The molecule has 1 aliphatic carbocycles. The number of nitrogens with one attached hydrogen (secondary N) is 2. The maximum atomic E-state index is 12.3. The number of rotatable bonds is 9. The topological polar surface area (TPSA) is 102 Å². The van der Waals surface area contributed by atoms with Gasteiger partial charge in [0.05, 0.1) is 18.6 Å². The Balaban J connectivity index is 1.59. The summed E-state index contributed by atoms with van der Waals surface area (Å²) in [5.41, 5.74) is 0.673. The maximum absolute atomic E-state index is 12.3. The van der Waals surface area contributed by atoms with Crippen LogP contribution in [0.25, 0.3) is 0 Å². The Morgan fingerprint density at radius 3 is 2.53 bits per heavy atom. The second kappa shape index (κ2) is 9.24. The molecule has 8 nitrogen and oxygen atoms in total. The summed E-state index contributed by atoms with van der Waals surface area (Å²) in [6.45, 7) is 9.46. The van der Waals surface area contributed by atoms with E-state index < -0.39 is 6.09 Å². The third-order valence-electron chi connectivity index (χ3n) is 6.53. The number of ether oxygens (including phenoxy) is 4. The Labute approximate surface area is 179 Å². The van der Waals surface area contributed by atoms with Crippen LogP contribution in [0.5, 0.6) is 0 Å². The van der Waals surface area contributed by atoms with Gasteiger partial charge < -0.3 is 29.6 Å². The lowest BCUT2D eigenvalue weighted by Gasteiger charge is -2.42. The third-order valence-corrected chi connectivity index (χ3v) is 6.53. The average Bonchev–Trinajstić information content (AvgIpc) is 3.62. The van der Waals surface area contributed by atoms with Crippen molar-refractivity contribution in [1.29, 1.82) is 0 Å². The van der Waals surface area contributed by atoms with E-state index in [4.69, 9.17) is 18.9 Å². The zero-order valence-corrected chi connectivity index (χ0v) is 18.8. The van der Waals surface area contributed by atoms with Crippen molar-refractivity contribution in [3.05, 3.63) is 11.6 Å². The molecule has 0 radical (unpaired) electrons. The van der Waals surface area contributed by atoms with Crippen LogP contribution >= 0.6 is 0 Å². The minimum absolute atomic E-state index is 0.000884. The molecule has 0 aromatic heterocycles. The van der Waals surface area contributed by atoms with E-state index >= 15 is 0 Å². The van der Waals surface area contributed by atoms with Crippen LogP contribution in [0, 0.1) is 5.92 Å². The van der Waals surface area contributed by atoms with Gasteiger partial charge in [0.2, 0.25) is 5.91 Å². The number of carbonyl (C=O) groups excluding carboxylic acids is 2. The van der Waals surface area contributed by atoms with Crippen molar-refractivity contribution < 1.29 is 28.5 Å². The summed E-state index contributed by atoms with van der Waals surface area (Å²) in [5, 5.41) is 5.42. The van der Waals surface area contributed by atoms with Crippen LogP contribution in [0.1, 0.15) is 53.4 Å².